The van der Waals surface area contributed by atoms with Gasteiger partial charge in [-0.3, -0.25) is 0 Å². The van der Waals surface area contributed by atoms with E-state index in [1.54, 1.807) is 6.82 Å². The first-order valence-corrected chi connectivity index (χ1v) is 3.88. The quantitative estimate of drug-likeness (QED) is 0.486. The Balaban J connectivity index is 2.32. The average Bonchev–Trinajstić information content (AvgIpc) is 1.88. The van der Waals surface area contributed by atoms with Gasteiger partial charge in [-0.15, -0.1) is 0 Å². The summed E-state index contributed by atoms with van der Waals surface area (Å²) >= 11 is 0. The van der Waals surface area contributed by atoms with Crippen LogP contribution in [0.15, 0.2) is 0 Å². The van der Waals surface area contributed by atoms with Gasteiger partial charge in [0.1, 0.15) is 0 Å². The van der Waals surface area contributed by atoms with Gasteiger partial charge < -0.3 is 15.6 Å². The fraction of sp³-hybridized carbons (Fsp3) is 1.00. The van der Waals surface area contributed by atoms with Gasteiger partial charge >= 0.3 is 7.05 Å². The van der Waals surface area contributed by atoms with E-state index in [0.717, 1.165) is 25.9 Å². The van der Waals surface area contributed by atoms with E-state index in [1.165, 1.54) is 0 Å². The number of nitrogens with two attached hydrogens (primary N) is 1. The Kier molecular flexibility index (Phi) is 2.71. The topological polar surface area (TPSA) is 49.5 Å². The maximum atomic E-state index is 9.17. The summed E-state index contributed by atoms with van der Waals surface area (Å²) in [6.45, 7) is 3.63. The number of piperidine rings is 1. The molecule has 0 aliphatic carbocycles. The maximum Gasteiger partial charge on any atom is 0.376 e. The van der Waals surface area contributed by atoms with Crippen LogP contribution in [0.5, 0.6) is 0 Å². The second kappa shape index (κ2) is 3.37. The predicted molar refractivity (Wildman–Crippen MR) is 42.6 cm³/mol. The highest BCUT2D eigenvalue weighted by molar-refractivity contribution is 6.45. The fourth-order valence-electron chi connectivity index (χ4n) is 1.38. The lowest BCUT2D eigenvalue weighted by atomic mass is 9.82. The molecule has 4 heteroatoms. The van der Waals surface area contributed by atoms with Crippen molar-refractivity contribution in [2.75, 3.05) is 13.1 Å². The minimum absolute atomic E-state index is 0.267. The normalized spacial score (nSPS) is 28.5. The highest BCUT2D eigenvalue weighted by atomic mass is 16.2. The number of rotatable bonds is 1. The molecule has 1 fully saturated rings. The fourth-order valence-corrected chi connectivity index (χ4v) is 1.38. The molecule has 3 nitrogen and oxygen atoms in total. The van der Waals surface area contributed by atoms with Gasteiger partial charge in [0.15, 0.2) is 0 Å². The number of hydrogen-bond acceptors (Lipinski definition) is 3. The van der Waals surface area contributed by atoms with Crippen molar-refractivity contribution in [1.82, 2.24) is 4.81 Å². The van der Waals surface area contributed by atoms with Gasteiger partial charge in [-0.25, -0.2) is 0 Å². The smallest absolute Gasteiger partial charge is 0.376 e. The standard InChI is InChI=1S/C6H15BN2O/c1-7(10)9-4-2-3-6(8)5-9/h6,10H,2-5,8H2,1H3/t6-/m1/s1. The Bertz CT molecular complexity index is 110. The molecule has 0 saturated carbocycles. The van der Waals surface area contributed by atoms with Crippen LogP contribution in [-0.4, -0.2) is 36.0 Å². The van der Waals surface area contributed by atoms with Crippen molar-refractivity contribution in [2.45, 2.75) is 25.7 Å². The first-order valence-electron chi connectivity index (χ1n) is 3.88. The van der Waals surface area contributed by atoms with Crippen LogP contribution < -0.4 is 5.73 Å². The lowest BCUT2D eigenvalue weighted by Crippen LogP contribution is -2.48. The molecule has 0 aromatic heterocycles. The second-order valence-electron chi connectivity index (χ2n) is 3.03. The van der Waals surface area contributed by atoms with Gasteiger partial charge in [0.05, 0.1) is 0 Å². The van der Waals surface area contributed by atoms with Gasteiger partial charge in [0.25, 0.3) is 0 Å². The molecule has 0 spiro atoms. The number of hydrogen-bond donors (Lipinski definition) is 2. The summed E-state index contributed by atoms with van der Waals surface area (Å²) in [5.41, 5.74) is 5.71. The van der Waals surface area contributed by atoms with Crippen molar-refractivity contribution in [1.29, 1.82) is 0 Å². The van der Waals surface area contributed by atoms with Crippen LogP contribution in [0.25, 0.3) is 0 Å². The van der Waals surface area contributed by atoms with Crippen LogP contribution in [0.3, 0.4) is 0 Å². The van der Waals surface area contributed by atoms with E-state index in [2.05, 4.69) is 0 Å². The van der Waals surface area contributed by atoms with E-state index in [0.29, 0.717) is 0 Å². The largest absolute Gasteiger partial charge is 0.437 e. The molecule has 1 aliphatic heterocycles. The molecule has 1 aliphatic rings. The third-order valence-electron chi connectivity index (χ3n) is 2.02. The summed E-state index contributed by atoms with van der Waals surface area (Å²) in [6.07, 6.45) is 2.22. The second-order valence-corrected chi connectivity index (χ2v) is 3.03. The van der Waals surface area contributed by atoms with Crippen LogP contribution in [0.1, 0.15) is 12.8 Å². The molecule has 0 aromatic carbocycles. The van der Waals surface area contributed by atoms with Crippen LogP contribution in [0, 0.1) is 0 Å². The van der Waals surface area contributed by atoms with E-state index in [4.69, 9.17) is 10.8 Å². The lowest BCUT2D eigenvalue weighted by Gasteiger charge is -2.31. The first kappa shape index (κ1) is 8.05. The lowest BCUT2D eigenvalue weighted by molar-refractivity contribution is 0.286. The van der Waals surface area contributed by atoms with Gasteiger partial charge in [0.2, 0.25) is 0 Å². The van der Waals surface area contributed by atoms with Crippen molar-refractivity contribution in [2.24, 2.45) is 5.73 Å². The summed E-state index contributed by atoms with van der Waals surface area (Å²) in [6, 6.07) is 0.267. The SMILES string of the molecule is CB(O)N1CCC[C@@H](N)C1. The van der Waals surface area contributed by atoms with E-state index in [-0.39, 0.29) is 13.1 Å². The molecule has 1 heterocycles. The van der Waals surface area contributed by atoms with Crippen LogP contribution in [0.2, 0.25) is 6.82 Å². The summed E-state index contributed by atoms with van der Waals surface area (Å²) in [5.74, 6) is 0. The Morgan fingerprint density at radius 1 is 1.70 bits per heavy atom. The zero-order valence-corrected chi connectivity index (χ0v) is 6.45. The molecule has 1 saturated heterocycles. The summed E-state index contributed by atoms with van der Waals surface area (Å²) in [7, 11) is -0.327. The minimum Gasteiger partial charge on any atom is -0.437 e. The molecule has 3 N–H and O–H groups in total. The van der Waals surface area contributed by atoms with Crippen molar-refractivity contribution in [3.8, 4) is 0 Å². The molecule has 58 valence electrons. The van der Waals surface area contributed by atoms with Crippen molar-refractivity contribution >= 4 is 7.05 Å². The maximum absolute atomic E-state index is 9.17. The molecule has 10 heavy (non-hydrogen) atoms. The summed E-state index contributed by atoms with van der Waals surface area (Å²) in [4.78, 5) is 2.01. The minimum atomic E-state index is -0.327. The van der Waals surface area contributed by atoms with Crippen molar-refractivity contribution in [3.63, 3.8) is 0 Å². The third kappa shape index (κ3) is 1.97. The number of nitrogens with zero attached hydrogens (tertiary/aromatic N) is 1. The molecule has 1 atom stereocenters. The van der Waals surface area contributed by atoms with E-state index in [1.807, 2.05) is 4.81 Å². The monoisotopic (exact) mass is 142 g/mol. The van der Waals surface area contributed by atoms with Gasteiger partial charge in [0, 0.05) is 12.6 Å². The van der Waals surface area contributed by atoms with Crippen molar-refractivity contribution < 1.29 is 5.02 Å². The van der Waals surface area contributed by atoms with E-state index >= 15 is 0 Å². The molecule has 0 bridgehead atoms. The van der Waals surface area contributed by atoms with E-state index < -0.39 is 0 Å². The van der Waals surface area contributed by atoms with Crippen LogP contribution in [0.4, 0.5) is 0 Å². The summed E-state index contributed by atoms with van der Waals surface area (Å²) < 4.78 is 0. The van der Waals surface area contributed by atoms with Crippen LogP contribution >= 0.6 is 0 Å². The van der Waals surface area contributed by atoms with E-state index in [9.17, 15) is 0 Å². The van der Waals surface area contributed by atoms with Gasteiger partial charge in [-0.2, -0.15) is 0 Å². The highest BCUT2D eigenvalue weighted by Crippen LogP contribution is 2.08. The average molecular weight is 142 g/mol. The Hall–Kier alpha value is -0.0551. The predicted octanol–water partition coefficient (Wildman–Crippen LogP) is -0.480. The van der Waals surface area contributed by atoms with Gasteiger partial charge in [-0.1, -0.05) is 0 Å². The molecular weight excluding hydrogens is 127 g/mol. The Labute approximate surface area is 62.3 Å². The zero-order chi connectivity index (χ0) is 7.56. The Morgan fingerprint density at radius 2 is 2.40 bits per heavy atom. The zero-order valence-electron chi connectivity index (χ0n) is 6.45. The molecule has 0 unspecified atom stereocenters. The third-order valence-corrected chi connectivity index (χ3v) is 2.02. The van der Waals surface area contributed by atoms with Crippen molar-refractivity contribution in [3.05, 3.63) is 0 Å². The molecular formula is C6H15BN2O. The highest BCUT2D eigenvalue weighted by Gasteiger charge is 2.21. The van der Waals surface area contributed by atoms with Crippen LogP contribution in [-0.2, 0) is 0 Å². The van der Waals surface area contributed by atoms with Gasteiger partial charge in [-0.05, 0) is 26.2 Å². The Morgan fingerprint density at radius 3 is 2.80 bits per heavy atom. The first-order chi connectivity index (χ1) is 4.70. The molecule has 0 aromatic rings. The molecule has 0 radical (unpaired) electrons. The molecule has 1 rings (SSSR count). The summed E-state index contributed by atoms with van der Waals surface area (Å²) in [5, 5.41) is 9.17. The molecule has 0 amide bonds.